The Morgan fingerprint density at radius 1 is 0.500 bits per heavy atom. The highest BCUT2D eigenvalue weighted by molar-refractivity contribution is 7.92. The van der Waals surface area contributed by atoms with Gasteiger partial charge in [-0.2, -0.15) is 9.97 Å². The predicted molar refractivity (Wildman–Crippen MR) is 334 cm³/mol. The van der Waals surface area contributed by atoms with Gasteiger partial charge in [-0.05, 0) is 123 Å². The van der Waals surface area contributed by atoms with Gasteiger partial charge in [0.2, 0.25) is 23.8 Å². The second-order valence-electron chi connectivity index (χ2n) is 23.1. The highest BCUT2D eigenvalue weighted by Gasteiger charge is 2.32. The van der Waals surface area contributed by atoms with E-state index < -0.39 is 30.2 Å². The van der Waals surface area contributed by atoms with Crippen LogP contribution in [0.5, 0.6) is 11.5 Å². The van der Waals surface area contributed by atoms with E-state index in [1.165, 1.54) is 12.7 Å². The van der Waals surface area contributed by atoms with Crippen LogP contribution in [-0.4, -0.2) is 182 Å². The lowest BCUT2D eigenvalue weighted by molar-refractivity contribution is 0.0364. The number of rotatable bonds is 18. The molecule has 4 aromatic carbocycles. The molecule has 0 saturated carbocycles. The van der Waals surface area contributed by atoms with Crippen LogP contribution in [0.2, 0.25) is 0 Å². The number of nitrogens with one attached hydrogen (secondary N) is 5. The molecular formula is C60H84N16O6S2. The number of hydrogen-bond donors (Lipinski definition) is 5. The van der Waals surface area contributed by atoms with Crippen molar-refractivity contribution in [2.75, 3.05) is 124 Å². The molecule has 22 nitrogen and oxygen atoms in total. The maximum Gasteiger partial charge on any atom is 0.232 e. The van der Waals surface area contributed by atoms with Crippen LogP contribution in [0.1, 0.15) is 74.1 Å². The van der Waals surface area contributed by atoms with Crippen LogP contribution in [0.25, 0.3) is 0 Å². The molecule has 24 heteroatoms. The average molecular weight is 1190 g/mol. The number of piperidine rings is 2. The van der Waals surface area contributed by atoms with Crippen molar-refractivity contribution in [3.63, 3.8) is 0 Å². The second-order valence-corrected chi connectivity index (χ2v) is 28.1. The van der Waals surface area contributed by atoms with Gasteiger partial charge in [0.1, 0.15) is 24.2 Å². The molecule has 6 heterocycles. The van der Waals surface area contributed by atoms with Gasteiger partial charge in [-0.1, -0.05) is 24.3 Å². The minimum absolute atomic E-state index is 0.203. The Morgan fingerprint density at radius 3 is 1.24 bits per heavy atom. The number of para-hydroxylation sites is 2. The minimum Gasteiger partial charge on any atom is -0.494 e. The summed E-state index contributed by atoms with van der Waals surface area (Å²) < 4.78 is 62.8. The van der Waals surface area contributed by atoms with Gasteiger partial charge >= 0.3 is 0 Å². The Morgan fingerprint density at radius 2 is 0.869 bits per heavy atom. The number of sulfone groups is 2. The second kappa shape index (κ2) is 27.4. The summed E-state index contributed by atoms with van der Waals surface area (Å²) >= 11 is 0. The fourth-order valence-corrected chi connectivity index (χ4v) is 13.6. The lowest BCUT2D eigenvalue weighted by Gasteiger charge is -2.46. The Balaban J connectivity index is 0.000000202. The van der Waals surface area contributed by atoms with E-state index in [-0.39, 0.29) is 27.2 Å². The van der Waals surface area contributed by atoms with Crippen molar-refractivity contribution >= 4 is 77.6 Å². The van der Waals surface area contributed by atoms with Crippen LogP contribution in [0.3, 0.4) is 0 Å². The summed E-state index contributed by atoms with van der Waals surface area (Å²) in [6, 6.07) is 27.0. The summed E-state index contributed by atoms with van der Waals surface area (Å²) in [6.07, 6.45) is 7.38. The van der Waals surface area contributed by atoms with Gasteiger partial charge in [-0.25, -0.2) is 36.8 Å². The number of ether oxygens (including phenoxy) is 2. The summed E-state index contributed by atoms with van der Waals surface area (Å²) in [5, 5.41) is 14.9. The molecule has 4 aliphatic rings. The molecule has 5 N–H and O–H groups in total. The zero-order valence-corrected chi connectivity index (χ0v) is 51.7. The van der Waals surface area contributed by atoms with Gasteiger partial charge in [0.05, 0.1) is 57.3 Å². The quantitative estimate of drug-likeness (QED) is 0.0543. The van der Waals surface area contributed by atoms with E-state index in [0.29, 0.717) is 46.9 Å². The number of benzene rings is 4. The first-order valence-corrected chi connectivity index (χ1v) is 32.3. The maximum absolute atomic E-state index is 12.9. The third kappa shape index (κ3) is 15.1. The third-order valence-electron chi connectivity index (χ3n) is 16.2. The molecule has 4 saturated heterocycles. The number of methoxy groups -OCH3 is 2. The first-order chi connectivity index (χ1) is 40.3. The van der Waals surface area contributed by atoms with E-state index in [1.54, 1.807) is 90.4 Å². The van der Waals surface area contributed by atoms with Crippen LogP contribution in [0.15, 0.2) is 107 Å². The van der Waals surface area contributed by atoms with Gasteiger partial charge < -0.3 is 45.9 Å². The van der Waals surface area contributed by atoms with E-state index in [1.807, 2.05) is 18.2 Å². The monoisotopic (exact) mass is 1190 g/mol. The van der Waals surface area contributed by atoms with Crippen molar-refractivity contribution in [2.24, 2.45) is 0 Å². The number of anilines is 10. The summed E-state index contributed by atoms with van der Waals surface area (Å²) in [5.74, 6) is 2.45. The van der Waals surface area contributed by atoms with Crippen LogP contribution < -0.4 is 45.9 Å². The van der Waals surface area contributed by atoms with E-state index in [4.69, 9.17) is 9.47 Å². The van der Waals surface area contributed by atoms with Crippen molar-refractivity contribution in [3.05, 3.63) is 97.6 Å². The van der Waals surface area contributed by atoms with Crippen molar-refractivity contribution in [1.82, 2.24) is 49.9 Å². The van der Waals surface area contributed by atoms with Crippen LogP contribution >= 0.6 is 0 Å². The van der Waals surface area contributed by atoms with Crippen LogP contribution in [-0.2, 0) is 19.7 Å². The zero-order valence-electron chi connectivity index (χ0n) is 50.0. The Labute approximate surface area is 496 Å². The molecule has 6 aromatic rings. The SMILES string of the molecule is COc1cc(N2CCC(N3CCN(C(C)(C)C)CC3)CC2)ccc1Nc1ncnc(Nc2ccccc2S(=O)(=O)C(C)C)n1.COc1cc(N2CCC(N3CCNCC3)CC2)ccc1Nc1ncnc(Nc2ccccc2S(=O)(=O)C(C)C)n1. The standard InChI is InChI=1S/C32H46N8O3S.C28H38N8O3S/c1-23(2)44(41,42)29-10-8-7-9-27(29)36-31-34-22-33-30(37-31)35-26-12-11-25(21-28(26)43-6)38-15-13-24(14-16-38)39-17-19-40(20-18-39)32(3,4)5;1-20(2)40(37,38)26-7-5-4-6-24(26)33-28-31-19-30-27(34-28)32-23-9-8-22(18-25(23)39-3)35-14-10-21(11-15-35)36-16-12-29-13-17-36/h7-12,21-24H,13-20H2,1-6H3,(H2,33,34,35,36,37);4-9,18-21,29H,10-17H2,1-3H3,(H2,30,31,32,33,34). The van der Waals surface area contributed by atoms with E-state index in [9.17, 15) is 16.8 Å². The van der Waals surface area contributed by atoms with E-state index in [2.05, 4.69) is 120 Å². The Kier molecular flexibility index (Phi) is 20.1. The highest BCUT2D eigenvalue weighted by atomic mass is 32.2. The fourth-order valence-electron chi connectivity index (χ4n) is 11.2. The summed E-state index contributed by atoms with van der Waals surface area (Å²) in [5.41, 5.74) is 4.77. The van der Waals surface area contributed by atoms with Crippen LogP contribution in [0.4, 0.5) is 57.9 Å². The van der Waals surface area contributed by atoms with Crippen molar-refractivity contribution < 1.29 is 26.3 Å². The van der Waals surface area contributed by atoms with Crippen molar-refractivity contribution in [1.29, 1.82) is 0 Å². The molecule has 0 unspecified atom stereocenters. The molecule has 0 bridgehead atoms. The molecular weight excluding hydrogens is 1100 g/mol. The van der Waals surface area contributed by atoms with E-state index in [0.717, 1.165) is 127 Å². The molecule has 4 fully saturated rings. The van der Waals surface area contributed by atoms with Gasteiger partial charge in [0.25, 0.3) is 0 Å². The number of aromatic nitrogens is 6. The maximum atomic E-state index is 12.9. The molecule has 4 aliphatic heterocycles. The van der Waals surface area contributed by atoms with Crippen molar-refractivity contribution in [3.8, 4) is 11.5 Å². The predicted octanol–water partition coefficient (Wildman–Crippen LogP) is 8.36. The first kappa shape index (κ1) is 61.6. The molecule has 0 atom stereocenters. The largest absolute Gasteiger partial charge is 0.494 e. The molecule has 84 heavy (non-hydrogen) atoms. The van der Waals surface area contributed by atoms with Crippen molar-refractivity contribution in [2.45, 2.75) is 112 Å². The lowest BCUT2D eigenvalue weighted by atomic mass is 10.00. The molecule has 10 rings (SSSR count). The summed E-state index contributed by atoms with van der Waals surface area (Å²) in [6.45, 7) is 26.6. The van der Waals surface area contributed by atoms with E-state index >= 15 is 0 Å². The molecule has 0 amide bonds. The smallest absolute Gasteiger partial charge is 0.232 e. The Bertz CT molecular complexity index is 3380. The van der Waals surface area contributed by atoms with Crippen LogP contribution in [0, 0.1) is 0 Å². The number of nitrogens with zero attached hydrogens (tertiary/aromatic N) is 11. The normalized spacial score (nSPS) is 17.4. The first-order valence-electron chi connectivity index (χ1n) is 29.2. The molecule has 0 spiro atoms. The number of piperazine rings is 2. The van der Waals surface area contributed by atoms with Gasteiger partial charge in [0.15, 0.2) is 19.7 Å². The summed E-state index contributed by atoms with van der Waals surface area (Å²) in [7, 11) is -3.69. The molecule has 0 aliphatic carbocycles. The fraction of sp³-hybridized carbons (Fsp3) is 0.500. The topological polar surface area (TPSA) is 240 Å². The Hall–Kier alpha value is -6.96. The molecule has 452 valence electrons. The minimum atomic E-state index is -3.50. The third-order valence-corrected chi connectivity index (χ3v) is 20.7. The van der Waals surface area contributed by atoms with Gasteiger partial charge in [-0.3, -0.25) is 14.7 Å². The molecule has 2 aromatic heterocycles. The highest BCUT2D eigenvalue weighted by Crippen LogP contribution is 2.36. The van der Waals surface area contributed by atoms with Gasteiger partial charge in [-0.15, -0.1) is 0 Å². The zero-order chi connectivity index (χ0) is 59.6. The van der Waals surface area contributed by atoms with Gasteiger partial charge in [0, 0.05) is 120 Å². The number of hydrogen-bond acceptors (Lipinski definition) is 22. The lowest BCUT2D eigenvalue weighted by Crippen LogP contribution is -2.57. The average Bonchev–Trinajstić information content (AvgIpc) is 3.71. The molecule has 0 radical (unpaired) electrons. The summed E-state index contributed by atoms with van der Waals surface area (Å²) in [4.78, 5) is 39.0.